The summed E-state index contributed by atoms with van der Waals surface area (Å²) in [6.45, 7) is 1.68. The van der Waals surface area contributed by atoms with Gasteiger partial charge in [-0.25, -0.2) is 4.76 Å². The zero-order valence-electron chi connectivity index (χ0n) is 9.65. The molecule has 0 fully saturated rings. The topological polar surface area (TPSA) is 29.4 Å². The first-order chi connectivity index (χ1) is 8.18. The number of benzene rings is 2. The fraction of sp³-hybridized carbons (Fsp3) is 0.0714. The van der Waals surface area contributed by atoms with Gasteiger partial charge in [-0.15, -0.1) is 0 Å². The number of hydrogen-bond donors (Lipinski definition) is 0. The summed E-state index contributed by atoms with van der Waals surface area (Å²) in [6.07, 6.45) is 1.67. The van der Waals surface area contributed by atoms with Crippen LogP contribution in [0.3, 0.4) is 0 Å². The molecule has 0 bridgehead atoms. The van der Waals surface area contributed by atoms with Crippen LogP contribution >= 0.6 is 7.29 Å². The summed E-state index contributed by atoms with van der Waals surface area (Å²) in [5.41, 5.74) is 0.963. The van der Waals surface area contributed by atoms with Gasteiger partial charge in [0.05, 0.1) is 0 Å². The molecule has 2 aromatic carbocycles. The van der Waals surface area contributed by atoms with E-state index in [4.69, 9.17) is 0 Å². The van der Waals surface area contributed by atoms with Crippen molar-refractivity contribution in [3.8, 4) is 0 Å². The second-order valence-corrected chi connectivity index (χ2v) is 6.38. The van der Waals surface area contributed by atoms with Gasteiger partial charge in [-0.3, -0.25) is 4.57 Å². The molecule has 86 valence electrons. The highest BCUT2D eigenvalue weighted by atomic mass is 31.2. The Morgan fingerprint density at radius 1 is 0.941 bits per heavy atom. The Bertz CT molecular complexity index is 549. The molecule has 0 radical (unpaired) electrons. The Labute approximate surface area is 101 Å². The van der Waals surface area contributed by atoms with Crippen LogP contribution in [0.1, 0.15) is 5.56 Å². The Hall–Kier alpha value is -1.66. The lowest BCUT2D eigenvalue weighted by Gasteiger charge is -2.06. The molecule has 3 heteroatoms. The SMILES string of the molecule is CP(=O)(/N=C/c1ccccc1)c1ccccc1. The van der Waals surface area contributed by atoms with E-state index in [0.29, 0.717) is 0 Å². The summed E-state index contributed by atoms with van der Waals surface area (Å²) in [7, 11) is -2.64. The lowest BCUT2D eigenvalue weighted by atomic mass is 10.2. The normalized spacial score (nSPS) is 14.6. The molecule has 0 aliphatic carbocycles. The molecule has 0 amide bonds. The molecule has 0 saturated heterocycles. The van der Waals surface area contributed by atoms with Gasteiger partial charge in [0.15, 0.2) is 0 Å². The Kier molecular flexibility index (Phi) is 3.55. The Morgan fingerprint density at radius 2 is 1.47 bits per heavy atom. The first kappa shape index (κ1) is 11.8. The molecule has 0 aliphatic rings. The molecule has 17 heavy (non-hydrogen) atoms. The standard InChI is InChI=1S/C14H14NOP/c1-17(16,14-10-6-3-7-11-14)15-12-13-8-4-2-5-9-13/h2-12H,1H3/b15-12+. The van der Waals surface area contributed by atoms with Crippen LogP contribution in [0.5, 0.6) is 0 Å². The van der Waals surface area contributed by atoms with Crippen molar-refractivity contribution in [1.29, 1.82) is 0 Å². The maximum atomic E-state index is 12.4. The predicted octanol–water partition coefficient (Wildman–Crippen LogP) is 3.34. The lowest BCUT2D eigenvalue weighted by Crippen LogP contribution is -2.00. The van der Waals surface area contributed by atoms with E-state index < -0.39 is 7.29 Å². The van der Waals surface area contributed by atoms with Crippen LogP contribution in [0.4, 0.5) is 0 Å². The Balaban J connectivity index is 2.24. The van der Waals surface area contributed by atoms with Gasteiger partial charge in [0, 0.05) is 18.2 Å². The first-order valence-electron chi connectivity index (χ1n) is 5.42. The van der Waals surface area contributed by atoms with Crippen LogP contribution < -0.4 is 5.30 Å². The molecule has 2 rings (SSSR count). The third-order valence-electron chi connectivity index (χ3n) is 2.46. The van der Waals surface area contributed by atoms with E-state index in [1.807, 2.05) is 60.7 Å². The number of hydrogen-bond acceptors (Lipinski definition) is 1. The van der Waals surface area contributed by atoms with Crippen molar-refractivity contribution in [2.45, 2.75) is 0 Å². The van der Waals surface area contributed by atoms with E-state index in [-0.39, 0.29) is 0 Å². The second kappa shape index (κ2) is 5.11. The minimum Gasteiger partial charge on any atom is -0.294 e. The van der Waals surface area contributed by atoms with Crippen molar-refractivity contribution in [2.75, 3.05) is 6.66 Å². The van der Waals surface area contributed by atoms with E-state index >= 15 is 0 Å². The van der Waals surface area contributed by atoms with Crippen molar-refractivity contribution in [1.82, 2.24) is 0 Å². The summed E-state index contributed by atoms with van der Waals surface area (Å²) in [5.74, 6) is 0. The van der Waals surface area contributed by atoms with E-state index in [1.165, 1.54) is 0 Å². The van der Waals surface area contributed by atoms with Gasteiger partial charge in [0.1, 0.15) is 0 Å². The number of rotatable bonds is 3. The molecule has 2 aromatic rings. The maximum absolute atomic E-state index is 12.4. The maximum Gasteiger partial charge on any atom is 0.215 e. The third kappa shape index (κ3) is 3.15. The molecule has 1 unspecified atom stereocenters. The van der Waals surface area contributed by atoms with Crippen molar-refractivity contribution in [3.05, 3.63) is 66.2 Å². The molecule has 0 saturated carbocycles. The molecule has 0 N–H and O–H groups in total. The molecule has 2 nitrogen and oxygen atoms in total. The van der Waals surface area contributed by atoms with Gasteiger partial charge in [-0.05, 0) is 17.7 Å². The fourth-order valence-electron chi connectivity index (χ4n) is 1.49. The lowest BCUT2D eigenvalue weighted by molar-refractivity contribution is 0.586. The van der Waals surface area contributed by atoms with Crippen LogP contribution in [-0.2, 0) is 4.57 Å². The van der Waals surface area contributed by atoms with Crippen molar-refractivity contribution in [3.63, 3.8) is 0 Å². The van der Waals surface area contributed by atoms with Gasteiger partial charge in [0.2, 0.25) is 7.29 Å². The molecule has 0 spiro atoms. The summed E-state index contributed by atoms with van der Waals surface area (Å²) in [5, 5.41) is 0.784. The van der Waals surface area contributed by atoms with E-state index in [0.717, 1.165) is 10.9 Å². The molecule has 0 aliphatic heterocycles. The highest BCUT2D eigenvalue weighted by Gasteiger charge is 2.14. The zero-order valence-corrected chi connectivity index (χ0v) is 10.5. The smallest absolute Gasteiger partial charge is 0.215 e. The van der Waals surface area contributed by atoms with E-state index in [1.54, 1.807) is 12.9 Å². The monoisotopic (exact) mass is 243 g/mol. The summed E-state index contributed by atoms with van der Waals surface area (Å²) in [4.78, 5) is 0. The fourth-order valence-corrected chi connectivity index (χ4v) is 2.70. The van der Waals surface area contributed by atoms with Crippen LogP contribution in [-0.4, -0.2) is 12.9 Å². The molecule has 1 atom stereocenters. The molecular formula is C14H14NOP. The van der Waals surface area contributed by atoms with Crippen molar-refractivity contribution < 1.29 is 4.57 Å². The quantitative estimate of drug-likeness (QED) is 0.600. The minimum atomic E-state index is -2.64. The van der Waals surface area contributed by atoms with Gasteiger partial charge in [0.25, 0.3) is 0 Å². The van der Waals surface area contributed by atoms with Gasteiger partial charge < -0.3 is 0 Å². The average Bonchev–Trinajstić information content (AvgIpc) is 2.39. The van der Waals surface area contributed by atoms with Gasteiger partial charge in [-0.1, -0.05) is 48.5 Å². The largest absolute Gasteiger partial charge is 0.294 e. The molecular weight excluding hydrogens is 229 g/mol. The molecule has 0 heterocycles. The summed E-state index contributed by atoms with van der Waals surface area (Å²) in [6, 6.07) is 19.1. The molecule has 0 aromatic heterocycles. The summed E-state index contributed by atoms with van der Waals surface area (Å²) >= 11 is 0. The highest BCUT2D eigenvalue weighted by molar-refractivity contribution is 7.69. The van der Waals surface area contributed by atoms with Crippen LogP contribution in [0.15, 0.2) is 65.4 Å². The van der Waals surface area contributed by atoms with Crippen LogP contribution in [0.25, 0.3) is 0 Å². The van der Waals surface area contributed by atoms with Crippen molar-refractivity contribution in [2.24, 2.45) is 4.76 Å². The zero-order chi connectivity index (χ0) is 12.1. The van der Waals surface area contributed by atoms with Crippen LogP contribution in [0.2, 0.25) is 0 Å². The average molecular weight is 243 g/mol. The highest BCUT2D eigenvalue weighted by Crippen LogP contribution is 2.41. The van der Waals surface area contributed by atoms with E-state index in [9.17, 15) is 4.57 Å². The Morgan fingerprint density at radius 3 is 2.06 bits per heavy atom. The third-order valence-corrected chi connectivity index (χ3v) is 4.27. The predicted molar refractivity (Wildman–Crippen MR) is 73.6 cm³/mol. The van der Waals surface area contributed by atoms with Crippen molar-refractivity contribution >= 4 is 18.8 Å². The number of nitrogens with zero attached hydrogens (tertiary/aromatic N) is 1. The van der Waals surface area contributed by atoms with Crippen LogP contribution in [0, 0.1) is 0 Å². The second-order valence-electron chi connectivity index (χ2n) is 3.87. The first-order valence-corrected chi connectivity index (χ1v) is 7.53. The summed E-state index contributed by atoms with van der Waals surface area (Å²) < 4.78 is 16.6. The van der Waals surface area contributed by atoms with E-state index in [2.05, 4.69) is 4.76 Å². The van der Waals surface area contributed by atoms with Gasteiger partial charge >= 0.3 is 0 Å². The van der Waals surface area contributed by atoms with Gasteiger partial charge in [-0.2, -0.15) is 0 Å². The minimum absolute atomic E-state index is 0.784.